The summed E-state index contributed by atoms with van der Waals surface area (Å²) in [6.45, 7) is 13.5. The molecule has 0 aromatic heterocycles. The maximum Gasteiger partial charge on any atom is 0.268 e. The van der Waals surface area contributed by atoms with E-state index in [9.17, 15) is 9.59 Å². The van der Waals surface area contributed by atoms with Gasteiger partial charge in [0.1, 0.15) is 5.70 Å². The van der Waals surface area contributed by atoms with Crippen molar-refractivity contribution in [2.75, 3.05) is 0 Å². The van der Waals surface area contributed by atoms with Crippen LogP contribution in [-0.4, -0.2) is 17.9 Å². The second kappa shape index (κ2) is 8.13. The standard InChI is InChI=1S/C20H30N2O2/c1-13(2)16-10-8-15(9-11-16)12-17(18(23)21-14(3)4)22-19(24)20(5,6)7/h8-14H,1-7H3,(H,21,23)(H,22,24)/b17-12+. The van der Waals surface area contributed by atoms with Gasteiger partial charge in [-0.15, -0.1) is 0 Å². The van der Waals surface area contributed by atoms with Crippen LogP contribution >= 0.6 is 0 Å². The fourth-order valence-corrected chi connectivity index (χ4v) is 1.95. The number of carbonyl (C=O) groups is 2. The van der Waals surface area contributed by atoms with E-state index in [4.69, 9.17) is 0 Å². The van der Waals surface area contributed by atoms with E-state index < -0.39 is 5.41 Å². The van der Waals surface area contributed by atoms with Gasteiger partial charge in [-0.3, -0.25) is 9.59 Å². The minimum atomic E-state index is -0.571. The summed E-state index contributed by atoms with van der Waals surface area (Å²) in [7, 11) is 0. The Kier molecular flexibility index (Phi) is 6.76. The van der Waals surface area contributed by atoms with Gasteiger partial charge in [0, 0.05) is 11.5 Å². The molecule has 0 aliphatic heterocycles. The van der Waals surface area contributed by atoms with Gasteiger partial charge in [-0.1, -0.05) is 58.9 Å². The molecule has 0 aliphatic carbocycles. The lowest BCUT2D eigenvalue weighted by atomic mass is 9.95. The Hall–Kier alpha value is -2.10. The summed E-state index contributed by atoms with van der Waals surface area (Å²) in [5.74, 6) is -0.0191. The zero-order valence-electron chi connectivity index (χ0n) is 15.9. The molecule has 24 heavy (non-hydrogen) atoms. The summed E-state index contributed by atoms with van der Waals surface area (Å²) in [5.41, 5.74) is 1.81. The predicted octanol–water partition coefficient (Wildman–Crippen LogP) is 3.84. The lowest BCUT2D eigenvalue weighted by Crippen LogP contribution is -2.41. The molecule has 0 radical (unpaired) electrons. The summed E-state index contributed by atoms with van der Waals surface area (Å²) < 4.78 is 0. The van der Waals surface area contributed by atoms with Crippen molar-refractivity contribution in [2.45, 2.75) is 60.4 Å². The van der Waals surface area contributed by atoms with Crippen molar-refractivity contribution in [1.82, 2.24) is 10.6 Å². The highest BCUT2D eigenvalue weighted by Gasteiger charge is 2.24. The van der Waals surface area contributed by atoms with Gasteiger partial charge >= 0.3 is 0 Å². The van der Waals surface area contributed by atoms with Gasteiger partial charge in [-0.25, -0.2) is 0 Å². The van der Waals surface area contributed by atoms with Gasteiger partial charge in [0.05, 0.1) is 0 Å². The summed E-state index contributed by atoms with van der Waals surface area (Å²) in [6, 6.07) is 8.00. The zero-order valence-corrected chi connectivity index (χ0v) is 15.9. The second-order valence-electron chi connectivity index (χ2n) is 7.71. The minimum Gasteiger partial charge on any atom is -0.349 e. The zero-order chi connectivity index (χ0) is 18.5. The molecule has 132 valence electrons. The Bertz CT molecular complexity index is 606. The van der Waals surface area contributed by atoms with Crippen molar-refractivity contribution in [3.63, 3.8) is 0 Å². The van der Waals surface area contributed by atoms with Gasteiger partial charge in [-0.05, 0) is 37.0 Å². The van der Waals surface area contributed by atoms with E-state index in [1.165, 1.54) is 5.56 Å². The molecule has 0 heterocycles. The largest absolute Gasteiger partial charge is 0.349 e. The maximum atomic E-state index is 12.4. The number of benzene rings is 1. The number of hydrogen-bond donors (Lipinski definition) is 2. The van der Waals surface area contributed by atoms with E-state index in [2.05, 4.69) is 24.5 Å². The van der Waals surface area contributed by atoms with Crippen molar-refractivity contribution in [3.8, 4) is 0 Å². The van der Waals surface area contributed by atoms with Crippen LogP contribution in [0.25, 0.3) is 6.08 Å². The average Bonchev–Trinajstić information content (AvgIpc) is 2.45. The van der Waals surface area contributed by atoms with E-state index >= 15 is 0 Å². The van der Waals surface area contributed by atoms with Gasteiger partial charge < -0.3 is 10.6 Å². The molecule has 1 rings (SSSR count). The van der Waals surface area contributed by atoms with Crippen LogP contribution in [0, 0.1) is 5.41 Å². The molecular formula is C20H30N2O2. The quantitative estimate of drug-likeness (QED) is 0.806. The SMILES string of the molecule is CC(C)NC(=O)/C(=C\c1ccc(C(C)C)cc1)NC(=O)C(C)(C)C. The molecule has 0 spiro atoms. The molecule has 2 amide bonds. The molecule has 1 aromatic carbocycles. The molecule has 1 aromatic rings. The molecule has 0 atom stereocenters. The van der Waals surface area contributed by atoms with E-state index in [0.29, 0.717) is 5.92 Å². The van der Waals surface area contributed by atoms with E-state index in [0.717, 1.165) is 5.56 Å². The first-order valence-electron chi connectivity index (χ1n) is 8.44. The van der Waals surface area contributed by atoms with E-state index in [1.54, 1.807) is 6.08 Å². The molecule has 0 saturated heterocycles. The Morgan fingerprint density at radius 1 is 1.00 bits per heavy atom. The molecule has 4 nitrogen and oxygen atoms in total. The lowest BCUT2D eigenvalue weighted by molar-refractivity contribution is -0.129. The summed E-state index contributed by atoms with van der Waals surface area (Å²) in [5, 5.41) is 5.59. The van der Waals surface area contributed by atoms with Crippen molar-refractivity contribution in [1.29, 1.82) is 0 Å². The average molecular weight is 330 g/mol. The molecular weight excluding hydrogens is 300 g/mol. The monoisotopic (exact) mass is 330 g/mol. The van der Waals surface area contributed by atoms with Crippen molar-refractivity contribution >= 4 is 17.9 Å². The molecule has 4 heteroatoms. The van der Waals surface area contributed by atoms with Crippen LogP contribution in [-0.2, 0) is 9.59 Å². The third-order valence-corrected chi connectivity index (χ3v) is 3.51. The fraction of sp³-hybridized carbons (Fsp3) is 0.500. The second-order valence-corrected chi connectivity index (χ2v) is 7.71. The summed E-state index contributed by atoms with van der Waals surface area (Å²) in [6.07, 6.45) is 1.71. The first-order chi connectivity index (χ1) is 11.0. The van der Waals surface area contributed by atoms with E-state index in [1.807, 2.05) is 58.9 Å². The van der Waals surface area contributed by atoms with Crippen LogP contribution in [0.15, 0.2) is 30.0 Å². The Labute approximate surface area is 145 Å². The third-order valence-electron chi connectivity index (χ3n) is 3.51. The number of rotatable bonds is 5. The first kappa shape index (κ1) is 19.9. The lowest BCUT2D eigenvalue weighted by Gasteiger charge is -2.20. The van der Waals surface area contributed by atoms with Crippen molar-refractivity contribution in [3.05, 3.63) is 41.1 Å². The number of hydrogen-bond acceptors (Lipinski definition) is 2. The maximum absolute atomic E-state index is 12.4. The Morgan fingerprint density at radius 3 is 1.96 bits per heavy atom. The van der Waals surface area contributed by atoms with Crippen LogP contribution in [0.3, 0.4) is 0 Å². The van der Waals surface area contributed by atoms with Crippen LogP contribution in [0.1, 0.15) is 65.5 Å². The highest BCUT2D eigenvalue weighted by molar-refractivity contribution is 6.02. The van der Waals surface area contributed by atoms with Gasteiger partial charge in [0.15, 0.2) is 0 Å². The number of amides is 2. The van der Waals surface area contributed by atoms with Crippen LogP contribution in [0.2, 0.25) is 0 Å². The highest BCUT2D eigenvalue weighted by Crippen LogP contribution is 2.17. The van der Waals surface area contributed by atoms with Crippen LogP contribution in [0.4, 0.5) is 0 Å². The normalized spacial score (nSPS) is 12.5. The van der Waals surface area contributed by atoms with Crippen molar-refractivity contribution in [2.24, 2.45) is 5.41 Å². The molecule has 0 fully saturated rings. The first-order valence-corrected chi connectivity index (χ1v) is 8.44. The molecule has 2 N–H and O–H groups in total. The summed E-state index contributed by atoms with van der Waals surface area (Å²) in [4.78, 5) is 24.7. The topological polar surface area (TPSA) is 58.2 Å². The Morgan fingerprint density at radius 2 is 1.54 bits per heavy atom. The summed E-state index contributed by atoms with van der Waals surface area (Å²) >= 11 is 0. The number of carbonyl (C=O) groups excluding carboxylic acids is 2. The minimum absolute atomic E-state index is 0.00393. The molecule has 0 unspecified atom stereocenters. The number of nitrogens with one attached hydrogen (secondary N) is 2. The van der Waals surface area contributed by atoms with E-state index in [-0.39, 0.29) is 23.6 Å². The molecule has 0 saturated carbocycles. The van der Waals surface area contributed by atoms with Crippen molar-refractivity contribution < 1.29 is 9.59 Å². The van der Waals surface area contributed by atoms with Gasteiger partial charge in [0.2, 0.25) is 5.91 Å². The van der Waals surface area contributed by atoms with Gasteiger partial charge in [0.25, 0.3) is 5.91 Å². The highest BCUT2D eigenvalue weighted by atomic mass is 16.2. The smallest absolute Gasteiger partial charge is 0.268 e. The van der Waals surface area contributed by atoms with Crippen LogP contribution in [0.5, 0.6) is 0 Å². The predicted molar refractivity (Wildman–Crippen MR) is 99.4 cm³/mol. The third kappa shape index (κ3) is 6.19. The molecule has 0 aliphatic rings. The fourth-order valence-electron chi connectivity index (χ4n) is 1.95. The van der Waals surface area contributed by atoms with Gasteiger partial charge in [-0.2, -0.15) is 0 Å². The molecule has 0 bridgehead atoms. The van der Waals surface area contributed by atoms with Crippen LogP contribution < -0.4 is 10.6 Å². The Balaban J connectivity index is 3.11.